The van der Waals surface area contributed by atoms with Gasteiger partial charge in [-0.25, -0.2) is 4.68 Å². The van der Waals surface area contributed by atoms with Gasteiger partial charge in [-0.1, -0.05) is 18.3 Å². The molecule has 0 N–H and O–H groups in total. The summed E-state index contributed by atoms with van der Waals surface area (Å²) in [5.41, 5.74) is 0. The van der Waals surface area contributed by atoms with Crippen LogP contribution in [-0.4, -0.2) is 30.4 Å². The summed E-state index contributed by atoms with van der Waals surface area (Å²) in [7, 11) is -0.470. The van der Waals surface area contributed by atoms with Gasteiger partial charge in [-0.15, -0.1) is 5.10 Å². The number of aromatic nitrogens is 3. The van der Waals surface area contributed by atoms with Crippen molar-refractivity contribution >= 4 is 24.7 Å². The lowest BCUT2D eigenvalue weighted by molar-refractivity contribution is 0.0775. The number of hydrogen-bond donors (Lipinski definition) is 0. The van der Waals surface area contributed by atoms with Crippen LogP contribution in [0.5, 0.6) is 0 Å². The zero-order valence-corrected chi connectivity index (χ0v) is 10.6. The maximum atomic E-state index is 5.42. The Hall–Kier alpha value is -0.203. The van der Waals surface area contributed by atoms with Gasteiger partial charge in [0.2, 0.25) is 0 Å². The van der Waals surface area contributed by atoms with Gasteiger partial charge < -0.3 is 4.74 Å². The largest absolute Gasteiger partial charge is 0.359 e. The Labute approximate surface area is 88.0 Å². The highest BCUT2D eigenvalue weighted by atomic mass is 79.9. The Kier molecular flexibility index (Phi) is 4.61. The summed E-state index contributed by atoms with van der Waals surface area (Å²) < 4.78 is 7.84. The van der Waals surface area contributed by atoms with Crippen LogP contribution in [0.1, 0.15) is 0 Å². The fourth-order valence-electron chi connectivity index (χ4n) is 0.815. The molecule has 0 aromatic carbocycles. The SMILES string of the molecule is C[SiH](C)CCOCn1cc(Br)nn1. The number of nitrogens with zero attached hydrogens (tertiary/aromatic N) is 3. The number of rotatable bonds is 5. The predicted octanol–water partition coefficient (Wildman–Crippen LogP) is 1.50. The molecule has 4 nitrogen and oxygen atoms in total. The molecule has 1 rings (SSSR count). The van der Waals surface area contributed by atoms with E-state index >= 15 is 0 Å². The van der Waals surface area contributed by atoms with Crippen molar-refractivity contribution in [3.05, 3.63) is 10.8 Å². The molecule has 0 aliphatic heterocycles. The minimum absolute atomic E-state index is 0.470. The van der Waals surface area contributed by atoms with Crippen molar-refractivity contribution in [3.8, 4) is 0 Å². The third-order valence-corrected chi connectivity index (χ3v) is 3.33. The van der Waals surface area contributed by atoms with E-state index in [2.05, 4.69) is 39.3 Å². The van der Waals surface area contributed by atoms with Crippen molar-refractivity contribution in [1.29, 1.82) is 0 Å². The molecule has 0 aliphatic rings. The van der Waals surface area contributed by atoms with Gasteiger partial charge in [0.15, 0.2) is 0 Å². The van der Waals surface area contributed by atoms with Crippen LogP contribution in [0.4, 0.5) is 0 Å². The first-order valence-electron chi connectivity index (χ1n) is 4.32. The van der Waals surface area contributed by atoms with Crippen LogP contribution >= 0.6 is 15.9 Å². The Balaban J connectivity index is 2.13. The number of halogens is 1. The number of hydrogen-bond acceptors (Lipinski definition) is 3. The quantitative estimate of drug-likeness (QED) is 0.597. The molecule has 0 saturated heterocycles. The molecule has 0 bridgehead atoms. The maximum Gasteiger partial charge on any atom is 0.148 e. The molecule has 1 heterocycles. The topological polar surface area (TPSA) is 39.9 Å². The van der Waals surface area contributed by atoms with E-state index in [4.69, 9.17) is 4.74 Å². The molecule has 0 atom stereocenters. The van der Waals surface area contributed by atoms with Gasteiger partial charge in [0.05, 0.1) is 6.20 Å². The van der Waals surface area contributed by atoms with Gasteiger partial charge in [-0.3, -0.25) is 0 Å². The first-order chi connectivity index (χ1) is 6.18. The van der Waals surface area contributed by atoms with Crippen molar-refractivity contribution in [3.63, 3.8) is 0 Å². The highest BCUT2D eigenvalue weighted by Gasteiger charge is 1.98. The van der Waals surface area contributed by atoms with Crippen molar-refractivity contribution in [2.45, 2.75) is 25.9 Å². The van der Waals surface area contributed by atoms with Crippen LogP contribution in [0.15, 0.2) is 10.8 Å². The molecule has 0 radical (unpaired) electrons. The molecular formula is C7H14BrN3OSi. The second-order valence-corrected chi connectivity index (χ2v) is 7.48. The van der Waals surface area contributed by atoms with Crippen LogP contribution < -0.4 is 0 Å². The van der Waals surface area contributed by atoms with Gasteiger partial charge in [-0.05, 0) is 22.0 Å². The first-order valence-corrected chi connectivity index (χ1v) is 8.23. The Bertz CT molecular complexity index is 254. The Morgan fingerprint density at radius 3 is 2.92 bits per heavy atom. The van der Waals surface area contributed by atoms with Crippen LogP contribution in [0.2, 0.25) is 19.1 Å². The summed E-state index contributed by atoms with van der Waals surface area (Å²) in [6.07, 6.45) is 1.80. The van der Waals surface area contributed by atoms with Crippen molar-refractivity contribution in [1.82, 2.24) is 15.0 Å². The fourth-order valence-corrected chi connectivity index (χ4v) is 1.76. The minimum Gasteiger partial charge on any atom is -0.359 e. The molecule has 0 amide bonds. The highest BCUT2D eigenvalue weighted by Crippen LogP contribution is 2.01. The highest BCUT2D eigenvalue weighted by molar-refractivity contribution is 9.10. The van der Waals surface area contributed by atoms with Crippen LogP contribution in [-0.2, 0) is 11.5 Å². The Morgan fingerprint density at radius 1 is 1.62 bits per heavy atom. The lowest BCUT2D eigenvalue weighted by atomic mass is 10.8. The monoisotopic (exact) mass is 263 g/mol. The van der Waals surface area contributed by atoms with Crippen LogP contribution in [0.3, 0.4) is 0 Å². The molecule has 0 unspecified atom stereocenters. The third-order valence-electron chi connectivity index (χ3n) is 1.57. The summed E-state index contributed by atoms with van der Waals surface area (Å²) in [6, 6.07) is 1.22. The second-order valence-electron chi connectivity index (χ2n) is 3.30. The lowest BCUT2D eigenvalue weighted by Crippen LogP contribution is -2.08. The van der Waals surface area contributed by atoms with Crippen LogP contribution in [0, 0.1) is 0 Å². The standard InChI is InChI=1S/C7H14BrN3OSi/c1-13(2)4-3-12-6-11-5-7(8)9-10-11/h5,13H,3-4,6H2,1-2H3. The molecule has 1 aromatic rings. The molecule has 0 spiro atoms. The fraction of sp³-hybridized carbons (Fsp3) is 0.714. The van der Waals surface area contributed by atoms with E-state index in [1.54, 1.807) is 10.9 Å². The maximum absolute atomic E-state index is 5.42. The summed E-state index contributed by atoms with van der Waals surface area (Å²) in [5.74, 6) is 0. The summed E-state index contributed by atoms with van der Waals surface area (Å²) in [4.78, 5) is 0. The predicted molar refractivity (Wildman–Crippen MR) is 57.4 cm³/mol. The van der Waals surface area contributed by atoms with E-state index in [1.165, 1.54) is 6.04 Å². The van der Waals surface area contributed by atoms with E-state index in [0.717, 1.165) is 11.2 Å². The third kappa shape index (κ3) is 4.54. The molecule has 1 aromatic heterocycles. The molecule has 0 saturated carbocycles. The molecule has 0 aliphatic carbocycles. The molecular weight excluding hydrogens is 250 g/mol. The van der Waals surface area contributed by atoms with Gasteiger partial charge in [0.1, 0.15) is 11.3 Å². The van der Waals surface area contributed by atoms with Gasteiger partial charge >= 0.3 is 0 Å². The molecule has 6 heteroatoms. The summed E-state index contributed by atoms with van der Waals surface area (Å²) >= 11 is 3.22. The van der Waals surface area contributed by atoms with Crippen molar-refractivity contribution in [2.75, 3.05) is 6.61 Å². The van der Waals surface area contributed by atoms with E-state index in [9.17, 15) is 0 Å². The smallest absolute Gasteiger partial charge is 0.148 e. The normalized spacial score (nSPS) is 11.1. The summed E-state index contributed by atoms with van der Waals surface area (Å²) in [6.45, 7) is 5.96. The van der Waals surface area contributed by atoms with Gasteiger partial charge in [0.25, 0.3) is 0 Å². The van der Waals surface area contributed by atoms with E-state index in [1.807, 2.05) is 0 Å². The second kappa shape index (κ2) is 5.51. The Morgan fingerprint density at radius 2 is 2.38 bits per heavy atom. The zero-order chi connectivity index (χ0) is 9.68. The van der Waals surface area contributed by atoms with Crippen molar-refractivity contribution in [2.24, 2.45) is 0 Å². The molecule has 13 heavy (non-hydrogen) atoms. The molecule has 0 fully saturated rings. The lowest BCUT2D eigenvalue weighted by Gasteiger charge is -2.04. The van der Waals surface area contributed by atoms with E-state index in [0.29, 0.717) is 6.73 Å². The van der Waals surface area contributed by atoms with Gasteiger partial charge in [0, 0.05) is 15.4 Å². The zero-order valence-electron chi connectivity index (χ0n) is 7.90. The van der Waals surface area contributed by atoms with E-state index < -0.39 is 8.80 Å². The average Bonchev–Trinajstić information content (AvgIpc) is 2.45. The van der Waals surface area contributed by atoms with Crippen molar-refractivity contribution < 1.29 is 4.74 Å². The van der Waals surface area contributed by atoms with Gasteiger partial charge in [-0.2, -0.15) is 0 Å². The first kappa shape index (κ1) is 10.9. The average molecular weight is 264 g/mol. The summed E-state index contributed by atoms with van der Waals surface area (Å²) in [5, 5.41) is 7.63. The molecule has 74 valence electrons. The van der Waals surface area contributed by atoms with E-state index in [-0.39, 0.29) is 0 Å². The minimum atomic E-state index is -0.470. The number of ether oxygens (including phenoxy) is 1. The van der Waals surface area contributed by atoms with Crippen LogP contribution in [0.25, 0.3) is 0 Å².